The fourth-order valence-electron chi connectivity index (χ4n) is 1.78. The van der Waals surface area contributed by atoms with Gasteiger partial charge in [-0.3, -0.25) is 0 Å². The zero-order valence-corrected chi connectivity index (χ0v) is 11.0. The second-order valence-electron chi connectivity index (χ2n) is 4.16. The molecule has 0 spiro atoms. The SMILES string of the molecule is O=C(O)c1ccc(Cl)c(NCCc2ccccc2)c1. The molecule has 98 valence electrons. The van der Waals surface area contributed by atoms with Gasteiger partial charge in [-0.15, -0.1) is 0 Å². The summed E-state index contributed by atoms with van der Waals surface area (Å²) in [6, 6.07) is 14.7. The fraction of sp³-hybridized carbons (Fsp3) is 0.133. The maximum absolute atomic E-state index is 10.9. The van der Waals surface area contributed by atoms with Gasteiger partial charge in [0.15, 0.2) is 0 Å². The van der Waals surface area contributed by atoms with Gasteiger partial charge in [-0.25, -0.2) is 4.79 Å². The van der Waals surface area contributed by atoms with Crippen LogP contribution < -0.4 is 5.32 Å². The Morgan fingerprint density at radius 2 is 1.89 bits per heavy atom. The number of rotatable bonds is 5. The third-order valence-corrected chi connectivity index (χ3v) is 3.11. The molecule has 0 aliphatic rings. The summed E-state index contributed by atoms with van der Waals surface area (Å²) < 4.78 is 0. The van der Waals surface area contributed by atoms with E-state index in [0.29, 0.717) is 17.3 Å². The van der Waals surface area contributed by atoms with E-state index in [0.717, 1.165) is 6.42 Å². The molecule has 2 aromatic rings. The first-order chi connectivity index (χ1) is 9.16. The van der Waals surface area contributed by atoms with Crippen LogP contribution in [-0.4, -0.2) is 17.6 Å². The van der Waals surface area contributed by atoms with Crippen LogP contribution in [0.3, 0.4) is 0 Å². The molecule has 0 bridgehead atoms. The lowest BCUT2D eigenvalue weighted by Crippen LogP contribution is -2.06. The van der Waals surface area contributed by atoms with Crippen LogP contribution in [-0.2, 0) is 6.42 Å². The molecule has 0 atom stereocenters. The highest BCUT2D eigenvalue weighted by Crippen LogP contribution is 2.23. The average Bonchev–Trinajstić information content (AvgIpc) is 2.42. The molecule has 4 heteroatoms. The monoisotopic (exact) mass is 275 g/mol. The highest BCUT2D eigenvalue weighted by atomic mass is 35.5. The summed E-state index contributed by atoms with van der Waals surface area (Å²) in [5.74, 6) is -0.956. The lowest BCUT2D eigenvalue weighted by Gasteiger charge is -2.09. The predicted octanol–water partition coefficient (Wildman–Crippen LogP) is 3.69. The van der Waals surface area contributed by atoms with E-state index in [9.17, 15) is 4.79 Å². The number of aromatic carboxylic acids is 1. The number of benzene rings is 2. The maximum Gasteiger partial charge on any atom is 0.335 e. The van der Waals surface area contributed by atoms with Gasteiger partial charge in [0.1, 0.15) is 0 Å². The molecule has 0 heterocycles. The van der Waals surface area contributed by atoms with Crippen molar-refractivity contribution in [2.24, 2.45) is 0 Å². The molecule has 0 saturated carbocycles. The van der Waals surface area contributed by atoms with Gasteiger partial charge < -0.3 is 10.4 Å². The number of hydrogen-bond acceptors (Lipinski definition) is 2. The molecule has 0 amide bonds. The van der Waals surface area contributed by atoms with Crippen molar-refractivity contribution in [1.82, 2.24) is 0 Å². The average molecular weight is 276 g/mol. The standard InChI is InChI=1S/C15H14ClNO2/c16-13-7-6-12(15(18)19)10-14(13)17-9-8-11-4-2-1-3-5-11/h1-7,10,17H,8-9H2,(H,18,19). The minimum Gasteiger partial charge on any atom is -0.478 e. The molecule has 0 aliphatic heterocycles. The van der Waals surface area contributed by atoms with Gasteiger partial charge in [0, 0.05) is 6.54 Å². The van der Waals surface area contributed by atoms with Crippen LogP contribution in [0.4, 0.5) is 5.69 Å². The van der Waals surface area contributed by atoms with Gasteiger partial charge in [0.25, 0.3) is 0 Å². The molecule has 0 radical (unpaired) electrons. The van der Waals surface area contributed by atoms with Crippen LogP contribution in [0.1, 0.15) is 15.9 Å². The van der Waals surface area contributed by atoms with Crippen LogP contribution in [0.2, 0.25) is 5.02 Å². The molecule has 0 saturated heterocycles. The zero-order chi connectivity index (χ0) is 13.7. The number of carboxylic acids is 1. The first-order valence-electron chi connectivity index (χ1n) is 5.97. The van der Waals surface area contributed by atoms with Crippen molar-refractivity contribution in [1.29, 1.82) is 0 Å². The summed E-state index contributed by atoms with van der Waals surface area (Å²) in [7, 11) is 0. The van der Waals surface area contributed by atoms with E-state index in [2.05, 4.69) is 17.4 Å². The van der Waals surface area contributed by atoms with E-state index in [1.165, 1.54) is 11.6 Å². The van der Waals surface area contributed by atoms with Gasteiger partial charge >= 0.3 is 5.97 Å². The van der Waals surface area contributed by atoms with Crippen molar-refractivity contribution in [3.63, 3.8) is 0 Å². The Hall–Kier alpha value is -2.00. The van der Waals surface area contributed by atoms with Gasteiger partial charge in [-0.05, 0) is 30.2 Å². The molecule has 2 rings (SSSR count). The molecule has 19 heavy (non-hydrogen) atoms. The number of hydrogen-bond donors (Lipinski definition) is 2. The predicted molar refractivity (Wildman–Crippen MR) is 77.0 cm³/mol. The molecule has 2 aromatic carbocycles. The fourth-order valence-corrected chi connectivity index (χ4v) is 1.96. The largest absolute Gasteiger partial charge is 0.478 e. The van der Waals surface area contributed by atoms with Crippen molar-refractivity contribution < 1.29 is 9.90 Å². The molecule has 0 unspecified atom stereocenters. The van der Waals surface area contributed by atoms with E-state index >= 15 is 0 Å². The third-order valence-electron chi connectivity index (χ3n) is 2.79. The maximum atomic E-state index is 10.9. The normalized spacial score (nSPS) is 10.2. The summed E-state index contributed by atoms with van der Waals surface area (Å²) in [5, 5.41) is 12.6. The van der Waals surface area contributed by atoms with E-state index in [-0.39, 0.29) is 5.56 Å². The van der Waals surface area contributed by atoms with Crippen molar-refractivity contribution in [2.75, 3.05) is 11.9 Å². The van der Waals surface area contributed by atoms with Gasteiger partial charge in [0.2, 0.25) is 0 Å². The van der Waals surface area contributed by atoms with E-state index in [1.54, 1.807) is 12.1 Å². The quantitative estimate of drug-likeness (QED) is 0.875. The Labute approximate surface area is 116 Å². The Bertz CT molecular complexity index is 570. The molecule has 0 aromatic heterocycles. The highest BCUT2D eigenvalue weighted by molar-refractivity contribution is 6.33. The van der Waals surface area contributed by atoms with Crippen LogP contribution in [0, 0.1) is 0 Å². The second kappa shape index (κ2) is 6.25. The van der Waals surface area contributed by atoms with Gasteiger partial charge in [-0.2, -0.15) is 0 Å². The smallest absolute Gasteiger partial charge is 0.335 e. The Balaban J connectivity index is 1.99. The van der Waals surface area contributed by atoms with Crippen LogP contribution in [0.5, 0.6) is 0 Å². The Kier molecular flexibility index (Phi) is 4.42. The molecule has 2 N–H and O–H groups in total. The van der Waals surface area contributed by atoms with Crippen LogP contribution >= 0.6 is 11.6 Å². The Morgan fingerprint density at radius 1 is 1.16 bits per heavy atom. The van der Waals surface area contributed by atoms with E-state index < -0.39 is 5.97 Å². The summed E-state index contributed by atoms with van der Waals surface area (Å²) in [4.78, 5) is 10.9. The van der Waals surface area contributed by atoms with Gasteiger partial charge in [-0.1, -0.05) is 41.9 Å². The summed E-state index contributed by atoms with van der Waals surface area (Å²) in [6.07, 6.45) is 0.856. The van der Waals surface area contributed by atoms with Crippen molar-refractivity contribution >= 4 is 23.3 Å². The Morgan fingerprint density at radius 3 is 2.58 bits per heavy atom. The number of anilines is 1. The van der Waals surface area contributed by atoms with Crippen molar-refractivity contribution in [3.8, 4) is 0 Å². The number of carboxylic acid groups (broad SMARTS) is 1. The highest BCUT2D eigenvalue weighted by Gasteiger charge is 2.06. The lowest BCUT2D eigenvalue weighted by atomic mass is 10.1. The number of halogens is 1. The minimum absolute atomic E-state index is 0.228. The summed E-state index contributed by atoms with van der Waals surface area (Å²) in [6.45, 7) is 0.701. The van der Waals surface area contributed by atoms with Crippen molar-refractivity contribution in [3.05, 3.63) is 64.7 Å². The van der Waals surface area contributed by atoms with E-state index in [4.69, 9.17) is 16.7 Å². The molecule has 0 aliphatic carbocycles. The van der Waals surface area contributed by atoms with Crippen LogP contribution in [0.25, 0.3) is 0 Å². The second-order valence-corrected chi connectivity index (χ2v) is 4.57. The van der Waals surface area contributed by atoms with Gasteiger partial charge in [0.05, 0.1) is 16.3 Å². The third kappa shape index (κ3) is 3.73. The van der Waals surface area contributed by atoms with E-state index in [1.807, 2.05) is 18.2 Å². The molecular formula is C15H14ClNO2. The van der Waals surface area contributed by atoms with Crippen LogP contribution in [0.15, 0.2) is 48.5 Å². The molecular weight excluding hydrogens is 262 g/mol. The first kappa shape index (κ1) is 13.4. The topological polar surface area (TPSA) is 49.3 Å². The summed E-state index contributed by atoms with van der Waals surface area (Å²) >= 11 is 6.03. The number of carbonyl (C=O) groups is 1. The minimum atomic E-state index is -0.956. The van der Waals surface area contributed by atoms with Crippen molar-refractivity contribution in [2.45, 2.75) is 6.42 Å². The summed E-state index contributed by atoms with van der Waals surface area (Å²) in [5.41, 5.74) is 2.10. The molecule has 0 fully saturated rings. The lowest BCUT2D eigenvalue weighted by molar-refractivity contribution is 0.0697. The first-order valence-corrected chi connectivity index (χ1v) is 6.35. The number of nitrogens with one attached hydrogen (secondary N) is 1. The molecule has 3 nitrogen and oxygen atoms in total. The zero-order valence-electron chi connectivity index (χ0n) is 10.3.